The van der Waals surface area contributed by atoms with Crippen molar-refractivity contribution in [2.45, 2.75) is 65.1 Å². The van der Waals surface area contributed by atoms with E-state index in [4.69, 9.17) is 5.11 Å². The molecule has 0 saturated heterocycles. The zero-order valence-electron chi connectivity index (χ0n) is 10.9. The molecule has 16 heavy (non-hydrogen) atoms. The van der Waals surface area contributed by atoms with Crippen LogP contribution in [-0.4, -0.2) is 35.7 Å². The van der Waals surface area contributed by atoms with Crippen LogP contribution in [0.15, 0.2) is 0 Å². The number of amides is 1. The molecule has 2 atom stereocenters. The highest BCUT2D eigenvalue weighted by molar-refractivity contribution is 5.81. The molecule has 1 amide bonds. The highest BCUT2D eigenvalue weighted by atomic mass is 16.3. The van der Waals surface area contributed by atoms with Gasteiger partial charge in [0.1, 0.15) is 0 Å². The van der Waals surface area contributed by atoms with Gasteiger partial charge in [-0.1, -0.05) is 20.8 Å². The zero-order valence-corrected chi connectivity index (χ0v) is 10.9. The van der Waals surface area contributed by atoms with Crippen LogP contribution in [0.4, 0.5) is 0 Å². The van der Waals surface area contributed by atoms with E-state index in [-0.39, 0.29) is 30.6 Å². The summed E-state index contributed by atoms with van der Waals surface area (Å²) in [4.78, 5) is 11.8. The van der Waals surface area contributed by atoms with Gasteiger partial charge in [0.25, 0.3) is 0 Å². The largest absolute Gasteiger partial charge is 0.395 e. The number of carbonyl (C=O) groups excluding carboxylic acids is 1. The summed E-state index contributed by atoms with van der Waals surface area (Å²) < 4.78 is 0. The topological polar surface area (TPSA) is 61.4 Å². The Morgan fingerprint density at radius 3 is 2.00 bits per heavy atom. The third-order valence-electron chi connectivity index (χ3n) is 2.92. The van der Waals surface area contributed by atoms with E-state index < -0.39 is 0 Å². The lowest BCUT2D eigenvalue weighted by Crippen LogP contribution is -2.49. The number of hydrogen-bond donors (Lipinski definition) is 3. The SMILES string of the molecule is CCC(CC)NC(=O)C(C)NC(CC)CO. The molecule has 0 aliphatic carbocycles. The predicted molar refractivity (Wildman–Crippen MR) is 66.3 cm³/mol. The van der Waals surface area contributed by atoms with Crippen molar-refractivity contribution in [1.29, 1.82) is 0 Å². The van der Waals surface area contributed by atoms with Gasteiger partial charge in [-0.25, -0.2) is 0 Å². The molecule has 0 bridgehead atoms. The third-order valence-corrected chi connectivity index (χ3v) is 2.92. The van der Waals surface area contributed by atoms with Crippen molar-refractivity contribution in [3.05, 3.63) is 0 Å². The van der Waals surface area contributed by atoms with Gasteiger partial charge in [0.05, 0.1) is 12.6 Å². The van der Waals surface area contributed by atoms with Crippen LogP contribution in [0.25, 0.3) is 0 Å². The fraction of sp³-hybridized carbons (Fsp3) is 0.917. The van der Waals surface area contributed by atoms with Gasteiger partial charge in [0.2, 0.25) is 5.91 Å². The highest BCUT2D eigenvalue weighted by Gasteiger charge is 2.18. The van der Waals surface area contributed by atoms with Crippen LogP contribution in [0, 0.1) is 0 Å². The fourth-order valence-electron chi connectivity index (χ4n) is 1.55. The van der Waals surface area contributed by atoms with E-state index in [2.05, 4.69) is 24.5 Å². The van der Waals surface area contributed by atoms with Crippen LogP contribution in [0.1, 0.15) is 47.0 Å². The van der Waals surface area contributed by atoms with E-state index in [0.29, 0.717) is 0 Å². The smallest absolute Gasteiger partial charge is 0.237 e. The Kier molecular flexibility index (Phi) is 8.21. The number of rotatable bonds is 8. The first-order chi connectivity index (χ1) is 7.58. The summed E-state index contributed by atoms with van der Waals surface area (Å²) in [5.41, 5.74) is 0. The molecule has 0 aromatic carbocycles. The van der Waals surface area contributed by atoms with E-state index in [1.165, 1.54) is 0 Å². The fourth-order valence-corrected chi connectivity index (χ4v) is 1.55. The van der Waals surface area contributed by atoms with Gasteiger partial charge in [-0.3, -0.25) is 4.79 Å². The van der Waals surface area contributed by atoms with E-state index >= 15 is 0 Å². The van der Waals surface area contributed by atoms with Gasteiger partial charge in [-0.15, -0.1) is 0 Å². The first kappa shape index (κ1) is 15.4. The summed E-state index contributed by atoms with van der Waals surface area (Å²) in [6, 6.07) is 0.00565. The van der Waals surface area contributed by atoms with E-state index in [9.17, 15) is 4.79 Å². The van der Waals surface area contributed by atoms with Crippen molar-refractivity contribution < 1.29 is 9.90 Å². The normalized spacial score (nSPS) is 14.9. The summed E-state index contributed by atoms with van der Waals surface area (Å²) in [7, 11) is 0. The first-order valence-corrected chi connectivity index (χ1v) is 6.26. The van der Waals surface area contributed by atoms with Gasteiger partial charge in [-0.05, 0) is 26.2 Å². The molecule has 0 aromatic rings. The van der Waals surface area contributed by atoms with Gasteiger partial charge < -0.3 is 15.7 Å². The van der Waals surface area contributed by atoms with Crippen LogP contribution < -0.4 is 10.6 Å². The number of carbonyl (C=O) groups is 1. The molecule has 0 aliphatic rings. The lowest BCUT2D eigenvalue weighted by Gasteiger charge is -2.22. The average Bonchev–Trinajstić information content (AvgIpc) is 2.32. The van der Waals surface area contributed by atoms with Crippen LogP contribution in [0.3, 0.4) is 0 Å². The standard InChI is InChI=1S/C12H26N2O2/c1-5-10(6-2)14-12(16)9(4)13-11(7-3)8-15/h9-11,13,15H,5-8H2,1-4H3,(H,14,16). The van der Waals surface area contributed by atoms with Gasteiger partial charge in [-0.2, -0.15) is 0 Å². The summed E-state index contributed by atoms with van der Waals surface area (Å²) in [5, 5.41) is 15.1. The zero-order chi connectivity index (χ0) is 12.6. The second-order valence-electron chi connectivity index (χ2n) is 4.20. The van der Waals surface area contributed by atoms with Crippen molar-refractivity contribution in [2.75, 3.05) is 6.61 Å². The monoisotopic (exact) mass is 230 g/mol. The Bertz CT molecular complexity index is 189. The molecule has 0 aromatic heterocycles. The molecule has 0 fully saturated rings. The number of nitrogens with one attached hydrogen (secondary N) is 2. The summed E-state index contributed by atoms with van der Waals surface area (Å²) in [6.45, 7) is 8.01. The van der Waals surface area contributed by atoms with Crippen LogP contribution in [0.2, 0.25) is 0 Å². The van der Waals surface area contributed by atoms with Crippen molar-refractivity contribution in [3.8, 4) is 0 Å². The second kappa shape index (κ2) is 8.53. The third kappa shape index (κ3) is 5.47. The minimum absolute atomic E-state index is 0.00227. The maximum atomic E-state index is 11.8. The summed E-state index contributed by atoms with van der Waals surface area (Å²) >= 11 is 0. The minimum atomic E-state index is -0.252. The quantitative estimate of drug-likeness (QED) is 0.584. The van der Waals surface area contributed by atoms with Crippen molar-refractivity contribution in [2.24, 2.45) is 0 Å². The molecule has 0 saturated carbocycles. The van der Waals surface area contributed by atoms with Crippen LogP contribution >= 0.6 is 0 Å². The molecular formula is C12H26N2O2. The van der Waals surface area contributed by atoms with Gasteiger partial charge in [0.15, 0.2) is 0 Å². The van der Waals surface area contributed by atoms with Crippen molar-refractivity contribution in [1.82, 2.24) is 10.6 Å². The van der Waals surface area contributed by atoms with Crippen molar-refractivity contribution >= 4 is 5.91 Å². The van der Waals surface area contributed by atoms with Crippen LogP contribution in [-0.2, 0) is 4.79 Å². The number of aliphatic hydroxyl groups excluding tert-OH is 1. The number of aliphatic hydroxyl groups is 1. The maximum Gasteiger partial charge on any atom is 0.237 e. The van der Waals surface area contributed by atoms with E-state index in [0.717, 1.165) is 19.3 Å². The Morgan fingerprint density at radius 2 is 1.62 bits per heavy atom. The Morgan fingerprint density at radius 1 is 1.12 bits per heavy atom. The predicted octanol–water partition coefficient (Wildman–Crippen LogP) is 1.04. The average molecular weight is 230 g/mol. The molecular weight excluding hydrogens is 204 g/mol. The molecule has 3 N–H and O–H groups in total. The molecule has 0 rings (SSSR count). The van der Waals surface area contributed by atoms with Gasteiger partial charge >= 0.3 is 0 Å². The molecule has 0 aliphatic heterocycles. The Balaban J connectivity index is 4.06. The molecule has 0 heterocycles. The van der Waals surface area contributed by atoms with Crippen molar-refractivity contribution in [3.63, 3.8) is 0 Å². The lowest BCUT2D eigenvalue weighted by molar-refractivity contribution is -0.123. The highest BCUT2D eigenvalue weighted by Crippen LogP contribution is 1.98. The minimum Gasteiger partial charge on any atom is -0.395 e. The Labute approximate surface area is 98.8 Å². The summed E-state index contributed by atoms with van der Waals surface area (Å²) in [6.07, 6.45) is 2.72. The molecule has 4 nitrogen and oxygen atoms in total. The maximum absolute atomic E-state index is 11.8. The van der Waals surface area contributed by atoms with Crippen LogP contribution in [0.5, 0.6) is 0 Å². The van der Waals surface area contributed by atoms with E-state index in [1.807, 2.05) is 13.8 Å². The summed E-state index contributed by atoms with van der Waals surface area (Å²) in [5.74, 6) is 0.0144. The molecule has 2 unspecified atom stereocenters. The first-order valence-electron chi connectivity index (χ1n) is 6.26. The lowest BCUT2D eigenvalue weighted by atomic mass is 10.1. The second-order valence-corrected chi connectivity index (χ2v) is 4.20. The molecule has 96 valence electrons. The number of hydrogen-bond acceptors (Lipinski definition) is 3. The van der Waals surface area contributed by atoms with E-state index in [1.54, 1.807) is 0 Å². The molecule has 0 radical (unpaired) electrons. The molecule has 0 spiro atoms. The molecule has 4 heteroatoms. The Hall–Kier alpha value is -0.610. The van der Waals surface area contributed by atoms with Gasteiger partial charge in [0, 0.05) is 12.1 Å².